The summed E-state index contributed by atoms with van der Waals surface area (Å²) in [4.78, 5) is 4.09. The van der Waals surface area contributed by atoms with Crippen LogP contribution >= 0.6 is 0 Å². The van der Waals surface area contributed by atoms with Gasteiger partial charge < -0.3 is 4.57 Å². The summed E-state index contributed by atoms with van der Waals surface area (Å²) in [6, 6.07) is 0. The van der Waals surface area contributed by atoms with Crippen molar-refractivity contribution in [3.8, 4) is 0 Å². The number of hydrogen-bond donors (Lipinski definition) is 0. The van der Waals surface area contributed by atoms with Gasteiger partial charge in [0.05, 0.1) is 0 Å². The van der Waals surface area contributed by atoms with Gasteiger partial charge in [0.1, 0.15) is 11.1 Å². The SMILES string of the molecule is CCn1ccnc1C(C)S(=O)(=O)N(C)C. The van der Waals surface area contributed by atoms with Crippen LogP contribution in [0.25, 0.3) is 0 Å². The molecule has 86 valence electrons. The van der Waals surface area contributed by atoms with Crippen molar-refractivity contribution >= 4 is 10.0 Å². The van der Waals surface area contributed by atoms with E-state index in [1.54, 1.807) is 19.3 Å². The molecule has 1 heterocycles. The van der Waals surface area contributed by atoms with E-state index in [9.17, 15) is 8.42 Å². The maximum Gasteiger partial charge on any atom is 0.223 e. The Kier molecular flexibility index (Phi) is 3.51. The summed E-state index contributed by atoms with van der Waals surface area (Å²) in [6.07, 6.45) is 3.41. The Bertz CT molecular complexity index is 422. The highest BCUT2D eigenvalue weighted by atomic mass is 32.2. The molecule has 0 aliphatic rings. The molecule has 6 heteroatoms. The van der Waals surface area contributed by atoms with Crippen LogP contribution in [0.4, 0.5) is 0 Å². The monoisotopic (exact) mass is 231 g/mol. The first-order valence-corrected chi connectivity index (χ1v) is 6.34. The predicted octanol–water partition coefficient (Wildman–Crippen LogP) is 0.855. The van der Waals surface area contributed by atoms with Crippen molar-refractivity contribution < 1.29 is 8.42 Å². The lowest BCUT2D eigenvalue weighted by atomic mass is 10.4. The standard InChI is InChI=1S/C9H17N3O2S/c1-5-12-7-6-10-9(12)8(2)15(13,14)11(3)4/h6-8H,5H2,1-4H3. The smallest absolute Gasteiger partial charge is 0.223 e. The molecule has 0 saturated carbocycles. The number of nitrogens with zero attached hydrogens (tertiary/aromatic N) is 3. The van der Waals surface area contributed by atoms with E-state index in [1.165, 1.54) is 18.4 Å². The molecule has 1 rings (SSSR count). The molecule has 0 aliphatic heterocycles. The van der Waals surface area contributed by atoms with Crippen molar-refractivity contribution in [3.63, 3.8) is 0 Å². The van der Waals surface area contributed by atoms with Gasteiger partial charge in [0.2, 0.25) is 10.0 Å². The third-order valence-corrected chi connectivity index (χ3v) is 4.53. The number of hydrogen-bond acceptors (Lipinski definition) is 3. The topological polar surface area (TPSA) is 55.2 Å². The second kappa shape index (κ2) is 4.32. The van der Waals surface area contributed by atoms with Gasteiger partial charge in [-0.1, -0.05) is 0 Å². The van der Waals surface area contributed by atoms with Gasteiger partial charge in [0, 0.05) is 33.0 Å². The highest BCUT2D eigenvalue weighted by molar-refractivity contribution is 7.89. The molecule has 1 unspecified atom stereocenters. The summed E-state index contributed by atoms with van der Waals surface area (Å²) in [6.45, 7) is 4.34. The first-order chi connectivity index (χ1) is 6.91. The van der Waals surface area contributed by atoms with Crippen molar-refractivity contribution in [2.24, 2.45) is 0 Å². The van der Waals surface area contributed by atoms with E-state index >= 15 is 0 Å². The van der Waals surface area contributed by atoms with E-state index in [0.29, 0.717) is 5.82 Å². The molecule has 15 heavy (non-hydrogen) atoms. The molecule has 0 amide bonds. The third-order valence-electron chi connectivity index (χ3n) is 2.41. The average Bonchev–Trinajstić information content (AvgIpc) is 2.63. The molecular weight excluding hydrogens is 214 g/mol. The zero-order valence-electron chi connectivity index (χ0n) is 9.51. The van der Waals surface area contributed by atoms with Crippen LogP contribution in [-0.4, -0.2) is 36.4 Å². The van der Waals surface area contributed by atoms with E-state index in [4.69, 9.17) is 0 Å². The van der Waals surface area contributed by atoms with Crippen LogP contribution in [-0.2, 0) is 16.6 Å². The third kappa shape index (κ3) is 2.21. The zero-order valence-corrected chi connectivity index (χ0v) is 10.3. The molecule has 1 aromatic heterocycles. The molecule has 1 atom stereocenters. The molecule has 0 aliphatic carbocycles. The maximum absolute atomic E-state index is 11.9. The quantitative estimate of drug-likeness (QED) is 0.772. The molecule has 0 spiro atoms. The predicted molar refractivity (Wildman–Crippen MR) is 58.9 cm³/mol. The van der Waals surface area contributed by atoms with Crippen LogP contribution in [0.1, 0.15) is 24.9 Å². The van der Waals surface area contributed by atoms with Crippen molar-refractivity contribution in [1.29, 1.82) is 0 Å². The zero-order chi connectivity index (χ0) is 11.6. The fourth-order valence-electron chi connectivity index (χ4n) is 1.40. The molecule has 0 aromatic carbocycles. The fourth-order valence-corrected chi connectivity index (χ4v) is 2.49. The molecule has 0 saturated heterocycles. The Morgan fingerprint density at radius 2 is 2.13 bits per heavy atom. The van der Waals surface area contributed by atoms with Gasteiger partial charge in [-0.05, 0) is 13.8 Å². The Morgan fingerprint density at radius 1 is 1.53 bits per heavy atom. The number of aryl methyl sites for hydroxylation is 1. The molecule has 0 fully saturated rings. The minimum absolute atomic E-state index is 0.589. The number of imidazole rings is 1. The maximum atomic E-state index is 11.9. The Morgan fingerprint density at radius 3 is 2.60 bits per heavy atom. The summed E-state index contributed by atoms with van der Waals surface area (Å²) in [5, 5.41) is -0.609. The van der Waals surface area contributed by atoms with E-state index in [-0.39, 0.29) is 0 Å². The van der Waals surface area contributed by atoms with Gasteiger partial charge in [0.15, 0.2) is 0 Å². The normalized spacial score (nSPS) is 14.5. The van der Waals surface area contributed by atoms with Gasteiger partial charge in [-0.2, -0.15) is 0 Å². The molecule has 0 radical (unpaired) electrons. The molecule has 1 aromatic rings. The van der Waals surface area contributed by atoms with E-state index in [1.807, 2.05) is 11.5 Å². The second-order valence-corrected chi connectivity index (χ2v) is 6.01. The summed E-state index contributed by atoms with van der Waals surface area (Å²) in [5.41, 5.74) is 0. The lowest BCUT2D eigenvalue weighted by Crippen LogP contribution is -2.28. The number of sulfonamides is 1. The summed E-state index contributed by atoms with van der Waals surface area (Å²) >= 11 is 0. The first-order valence-electron chi connectivity index (χ1n) is 4.83. The highest BCUT2D eigenvalue weighted by Gasteiger charge is 2.28. The van der Waals surface area contributed by atoms with Crippen LogP contribution in [0.5, 0.6) is 0 Å². The molecule has 0 bridgehead atoms. The largest absolute Gasteiger partial charge is 0.334 e. The summed E-state index contributed by atoms with van der Waals surface area (Å²) in [7, 11) is -0.217. The van der Waals surface area contributed by atoms with Crippen LogP contribution in [0.15, 0.2) is 12.4 Å². The van der Waals surface area contributed by atoms with E-state index in [0.717, 1.165) is 6.54 Å². The van der Waals surface area contributed by atoms with Crippen molar-refractivity contribution in [3.05, 3.63) is 18.2 Å². The molecule has 0 N–H and O–H groups in total. The highest BCUT2D eigenvalue weighted by Crippen LogP contribution is 2.21. The first kappa shape index (κ1) is 12.2. The molecule has 5 nitrogen and oxygen atoms in total. The Balaban J connectivity index is 3.10. The van der Waals surface area contributed by atoms with Gasteiger partial charge in [-0.25, -0.2) is 17.7 Å². The lowest BCUT2D eigenvalue weighted by molar-refractivity contribution is 0.504. The number of aromatic nitrogens is 2. The van der Waals surface area contributed by atoms with Crippen molar-refractivity contribution in [2.75, 3.05) is 14.1 Å². The molecular formula is C9H17N3O2S. The fraction of sp³-hybridized carbons (Fsp3) is 0.667. The van der Waals surface area contributed by atoms with Crippen LogP contribution < -0.4 is 0 Å². The van der Waals surface area contributed by atoms with E-state index < -0.39 is 15.3 Å². The van der Waals surface area contributed by atoms with E-state index in [2.05, 4.69) is 4.98 Å². The van der Waals surface area contributed by atoms with Crippen LogP contribution in [0.2, 0.25) is 0 Å². The Labute approximate surface area is 90.8 Å². The van der Waals surface area contributed by atoms with Crippen molar-refractivity contribution in [1.82, 2.24) is 13.9 Å². The Hall–Kier alpha value is -0.880. The van der Waals surface area contributed by atoms with Crippen molar-refractivity contribution in [2.45, 2.75) is 25.6 Å². The summed E-state index contributed by atoms with van der Waals surface area (Å²) in [5.74, 6) is 0.589. The number of rotatable bonds is 4. The van der Waals surface area contributed by atoms with Crippen LogP contribution in [0, 0.1) is 0 Å². The minimum Gasteiger partial charge on any atom is -0.334 e. The van der Waals surface area contributed by atoms with Crippen LogP contribution in [0.3, 0.4) is 0 Å². The van der Waals surface area contributed by atoms with Gasteiger partial charge >= 0.3 is 0 Å². The average molecular weight is 231 g/mol. The van der Waals surface area contributed by atoms with Gasteiger partial charge in [-0.3, -0.25) is 0 Å². The second-order valence-electron chi connectivity index (χ2n) is 3.54. The van der Waals surface area contributed by atoms with Gasteiger partial charge in [0.25, 0.3) is 0 Å². The lowest BCUT2D eigenvalue weighted by Gasteiger charge is -2.18. The summed E-state index contributed by atoms with van der Waals surface area (Å²) < 4.78 is 26.8. The minimum atomic E-state index is -3.28. The van der Waals surface area contributed by atoms with Gasteiger partial charge in [-0.15, -0.1) is 0 Å².